The van der Waals surface area contributed by atoms with E-state index in [9.17, 15) is 4.39 Å². The molecule has 0 aliphatic heterocycles. The molecule has 0 heterocycles. The second kappa shape index (κ2) is 6.98. The molecule has 0 fully saturated rings. The van der Waals surface area contributed by atoms with Crippen LogP contribution in [0.25, 0.3) is 5.20 Å². The molecule has 0 amide bonds. The fourth-order valence-electron chi connectivity index (χ4n) is 3.30. The molecule has 2 heteroatoms. The van der Waals surface area contributed by atoms with Gasteiger partial charge in [0.25, 0.3) is 0 Å². The van der Waals surface area contributed by atoms with Crippen molar-refractivity contribution >= 4 is 24.4 Å². The standard InChI is InChI=1S/C22H21FSi/c1-16-8-7-9-17(2)22(16)24(21-10-5-4-6-11-21)18(3)19-12-14-20(23)15-13-19/h4-15,24H,3H2,1-2H3/t24-/m0/s1. The van der Waals surface area contributed by atoms with Crippen LogP contribution in [0.2, 0.25) is 0 Å². The van der Waals surface area contributed by atoms with E-state index in [1.54, 1.807) is 0 Å². The van der Waals surface area contributed by atoms with Crippen LogP contribution in [0.15, 0.2) is 79.4 Å². The largest absolute Gasteiger partial charge is 0.207 e. The number of aryl methyl sites for hydroxylation is 2. The number of benzene rings is 3. The average molecular weight is 332 g/mol. The molecular formula is C22H21FSi. The molecular weight excluding hydrogens is 311 g/mol. The third-order valence-electron chi connectivity index (χ3n) is 4.53. The van der Waals surface area contributed by atoms with Gasteiger partial charge < -0.3 is 0 Å². The lowest BCUT2D eigenvalue weighted by molar-refractivity contribution is 0.627. The average Bonchev–Trinajstić information content (AvgIpc) is 2.59. The Hall–Kier alpha value is -2.45. The Balaban J connectivity index is 2.16. The smallest absolute Gasteiger partial charge is 0.133 e. The minimum absolute atomic E-state index is 0.212. The van der Waals surface area contributed by atoms with Gasteiger partial charge >= 0.3 is 0 Å². The van der Waals surface area contributed by atoms with Gasteiger partial charge in [-0.15, -0.1) is 0 Å². The molecule has 0 saturated carbocycles. The fourth-order valence-corrected chi connectivity index (χ4v) is 6.62. The van der Waals surface area contributed by atoms with Gasteiger partial charge in [0.2, 0.25) is 0 Å². The normalized spacial score (nSPS) is 12.0. The molecule has 1 atom stereocenters. The Morgan fingerprint density at radius 3 is 1.96 bits per heavy atom. The first kappa shape index (κ1) is 16.4. The highest BCUT2D eigenvalue weighted by molar-refractivity contribution is 7.00. The maximum atomic E-state index is 13.3. The lowest BCUT2D eigenvalue weighted by Crippen LogP contribution is -2.45. The lowest BCUT2D eigenvalue weighted by Gasteiger charge is -2.23. The molecule has 0 N–H and O–H groups in total. The van der Waals surface area contributed by atoms with E-state index in [0.717, 1.165) is 10.8 Å². The van der Waals surface area contributed by atoms with E-state index in [1.807, 2.05) is 18.2 Å². The summed E-state index contributed by atoms with van der Waals surface area (Å²) in [5, 5.41) is 3.88. The second-order valence-corrected chi connectivity index (χ2v) is 8.99. The molecule has 3 aromatic rings. The molecule has 0 spiro atoms. The van der Waals surface area contributed by atoms with Crippen LogP contribution >= 0.6 is 0 Å². The molecule has 0 aliphatic carbocycles. The van der Waals surface area contributed by atoms with Crippen LogP contribution in [-0.4, -0.2) is 8.80 Å². The van der Waals surface area contributed by atoms with E-state index >= 15 is 0 Å². The zero-order valence-corrected chi connectivity index (χ0v) is 15.2. The summed E-state index contributed by atoms with van der Waals surface area (Å²) in [6.45, 7) is 8.77. The van der Waals surface area contributed by atoms with Gasteiger partial charge in [-0.05, 0) is 36.7 Å². The van der Waals surface area contributed by atoms with Crippen LogP contribution in [0.1, 0.15) is 16.7 Å². The van der Waals surface area contributed by atoms with Gasteiger partial charge in [0, 0.05) is 0 Å². The van der Waals surface area contributed by atoms with E-state index in [-0.39, 0.29) is 5.82 Å². The van der Waals surface area contributed by atoms with Crippen LogP contribution in [0.5, 0.6) is 0 Å². The predicted octanol–water partition coefficient (Wildman–Crippen LogP) is 4.04. The third-order valence-corrected chi connectivity index (χ3v) is 8.10. The Morgan fingerprint density at radius 1 is 0.792 bits per heavy atom. The molecule has 3 rings (SSSR count). The van der Waals surface area contributed by atoms with E-state index in [0.29, 0.717) is 0 Å². The molecule has 3 aromatic carbocycles. The van der Waals surface area contributed by atoms with Crippen molar-refractivity contribution in [2.24, 2.45) is 0 Å². The first-order valence-electron chi connectivity index (χ1n) is 8.13. The summed E-state index contributed by atoms with van der Waals surface area (Å²) >= 11 is 0. The van der Waals surface area contributed by atoms with Gasteiger partial charge in [-0.1, -0.05) is 88.8 Å². The van der Waals surface area contributed by atoms with Crippen LogP contribution in [0.4, 0.5) is 4.39 Å². The summed E-state index contributed by atoms with van der Waals surface area (Å²) in [5.74, 6) is -0.212. The Morgan fingerprint density at radius 2 is 1.38 bits per heavy atom. The Labute approximate surface area is 144 Å². The molecule has 0 bridgehead atoms. The lowest BCUT2D eigenvalue weighted by atomic mass is 10.1. The second-order valence-electron chi connectivity index (χ2n) is 6.18. The zero-order valence-electron chi connectivity index (χ0n) is 14.1. The molecule has 0 unspecified atom stereocenters. The quantitative estimate of drug-likeness (QED) is 0.633. The van der Waals surface area contributed by atoms with Crippen molar-refractivity contribution < 1.29 is 4.39 Å². The van der Waals surface area contributed by atoms with Crippen LogP contribution in [0.3, 0.4) is 0 Å². The van der Waals surface area contributed by atoms with Crippen molar-refractivity contribution in [1.82, 2.24) is 0 Å². The highest BCUT2D eigenvalue weighted by atomic mass is 28.3. The van der Waals surface area contributed by atoms with E-state index in [2.05, 4.69) is 62.9 Å². The molecule has 0 aliphatic rings. The summed E-state index contributed by atoms with van der Waals surface area (Å²) in [6, 6.07) is 23.8. The summed E-state index contributed by atoms with van der Waals surface area (Å²) in [5.41, 5.74) is 3.64. The zero-order chi connectivity index (χ0) is 17.1. The molecule has 0 nitrogen and oxygen atoms in total. The van der Waals surface area contributed by atoms with Gasteiger partial charge in [0.05, 0.1) is 0 Å². The number of halogens is 1. The van der Waals surface area contributed by atoms with Crippen molar-refractivity contribution in [3.63, 3.8) is 0 Å². The van der Waals surface area contributed by atoms with Crippen LogP contribution in [-0.2, 0) is 0 Å². The maximum absolute atomic E-state index is 13.3. The highest BCUT2D eigenvalue weighted by Gasteiger charge is 2.24. The molecule has 120 valence electrons. The first-order chi connectivity index (χ1) is 11.6. The van der Waals surface area contributed by atoms with Gasteiger partial charge in [0.1, 0.15) is 14.6 Å². The van der Waals surface area contributed by atoms with Crippen molar-refractivity contribution in [1.29, 1.82) is 0 Å². The monoisotopic (exact) mass is 332 g/mol. The van der Waals surface area contributed by atoms with Gasteiger partial charge in [-0.3, -0.25) is 0 Å². The summed E-state index contributed by atoms with van der Waals surface area (Å²) in [6.07, 6.45) is 0. The predicted molar refractivity (Wildman–Crippen MR) is 104 cm³/mol. The number of hydrogen-bond donors (Lipinski definition) is 0. The van der Waals surface area contributed by atoms with Crippen LogP contribution in [0, 0.1) is 19.7 Å². The van der Waals surface area contributed by atoms with Gasteiger partial charge in [-0.25, -0.2) is 4.39 Å². The summed E-state index contributed by atoms with van der Waals surface area (Å²) in [4.78, 5) is 0. The summed E-state index contributed by atoms with van der Waals surface area (Å²) in [7, 11) is -1.68. The van der Waals surface area contributed by atoms with Crippen LogP contribution < -0.4 is 10.4 Å². The van der Waals surface area contributed by atoms with E-state index in [4.69, 9.17) is 0 Å². The fraction of sp³-hybridized carbons (Fsp3) is 0.0909. The molecule has 24 heavy (non-hydrogen) atoms. The van der Waals surface area contributed by atoms with Crippen molar-refractivity contribution in [2.45, 2.75) is 13.8 Å². The first-order valence-corrected chi connectivity index (χ1v) is 9.87. The maximum Gasteiger partial charge on any atom is 0.133 e. The van der Waals surface area contributed by atoms with Crippen molar-refractivity contribution in [3.05, 3.63) is 102 Å². The molecule has 0 saturated heterocycles. The third kappa shape index (κ3) is 3.24. The minimum atomic E-state index is -1.68. The van der Waals surface area contributed by atoms with Gasteiger partial charge in [-0.2, -0.15) is 0 Å². The highest BCUT2D eigenvalue weighted by Crippen LogP contribution is 2.18. The van der Waals surface area contributed by atoms with Gasteiger partial charge in [0.15, 0.2) is 0 Å². The molecule has 0 aromatic heterocycles. The minimum Gasteiger partial charge on any atom is -0.207 e. The Bertz CT molecular complexity index is 831. The SMILES string of the molecule is C=C(c1ccc(F)cc1)[Si@@H](c1ccccc1)c1c(C)cccc1C. The van der Waals surface area contributed by atoms with E-state index in [1.165, 1.54) is 33.6 Å². The summed E-state index contributed by atoms with van der Waals surface area (Å²) < 4.78 is 13.3. The number of rotatable bonds is 4. The Kier molecular flexibility index (Phi) is 4.77. The topological polar surface area (TPSA) is 0 Å². The number of hydrogen-bond acceptors (Lipinski definition) is 0. The van der Waals surface area contributed by atoms with Crippen molar-refractivity contribution in [2.75, 3.05) is 0 Å². The molecule has 0 radical (unpaired) electrons. The van der Waals surface area contributed by atoms with E-state index < -0.39 is 8.80 Å². The van der Waals surface area contributed by atoms with Crippen molar-refractivity contribution in [3.8, 4) is 0 Å².